The van der Waals surface area contributed by atoms with E-state index >= 15 is 0 Å². The Bertz CT molecular complexity index is 447. The highest BCUT2D eigenvalue weighted by atomic mass is 19.1. The van der Waals surface area contributed by atoms with Crippen molar-refractivity contribution in [1.82, 2.24) is 10.2 Å². The Morgan fingerprint density at radius 3 is 2.86 bits per heavy atom. The predicted molar refractivity (Wildman–Crippen MR) is 82.6 cm³/mol. The Morgan fingerprint density at radius 2 is 2.14 bits per heavy atom. The van der Waals surface area contributed by atoms with E-state index in [1.54, 1.807) is 12.1 Å². The van der Waals surface area contributed by atoms with Crippen LogP contribution in [0.25, 0.3) is 0 Å². The number of benzene rings is 1. The third-order valence-corrected chi connectivity index (χ3v) is 3.99. The lowest BCUT2D eigenvalue weighted by molar-refractivity contribution is -0.120. The Morgan fingerprint density at radius 1 is 1.38 bits per heavy atom. The zero-order valence-corrected chi connectivity index (χ0v) is 12.8. The van der Waals surface area contributed by atoms with Crippen molar-refractivity contribution in [3.63, 3.8) is 0 Å². The molecule has 1 N–H and O–H groups in total. The van der Waals surface area contributed by atoms with E-state index in [-0.39, 0.29) is 11.7 Å². The van der Waals surface area contributed by atoms with Crippen LogP contribution in [0.15, 0.2) is 24.3 Å². The molecule has 0 aromatic heterocycles. The largest absolute Gasteiger partial charge is 0.356 e. The van der Waals surface area contributed by atoms with E-state index in [0.717, 1.165) is 24.4 Å². The zero-order chi connectivity index (χ0) is 15.1. The molecule has 0 aliphatic carbocycles. The van der Waals surface area contributed by atoms with Gasteiger partial charge in [0.05, 0.1) is 6.42 Å². The summed E-state index contributed by atoms with van der Waals surface area (Å²) in [6, 6.07) is 6.09. The first-order chi connectivity index (χ1) is 10.1. The molecule has 3 nitrogen and oxygen atoms in total. The number of carbonyl (C=O) groups is 1. The highest BCUT2D eigenvalue weighted by Gasteiger charge is 2.15. The molecule has 1 saturated heterocycles. The summed E-state index contributed by atoms with van der Waals surface area (Å²) in [4.78, 5) is 14.3. The van der Waals surface area contributed by atoms with E-state index < -0.39 is 0 Å². The molecule has 0 saturated carbocycles. The van der Waals surface area contributed by atoms with E-state index in [0.29, 0.717) is 13.0 Å². The van der Waals surface area contributed by atoms with E-state index in [1.165, 1.54) is 38.1 Å². The van der Waals surface area contributed by atoms with E-state index in [9.17, 15) is 9.18 Å². The monoisotopic (exact) mass is 292 g/mol. The second-order valence-electron chi connectivity index (χ2n) is 6.05. The molecule has 1 aliphatic rings. The van der Waals surface area contributed by atoms with Crippen molar-refractivity contribution in [2.75, 3.05) is 26.2 Å². The van der Waals surface area contributed by atoms with Gasteiger partial charge in [-0.15, -0.1) is 0 Å². The van der Waals surface area contributed by atoms with Gasteiger partial charge in [-0.3, -0.25) is 4.79 Å². The van der Waals surface area contributed by atoms with Gasteiger partial charge in [-0.25, -0.2) is 4.39 Å². The molecule has 1 aromatic carbocycles. The van der Waals surface area contributed by atoms with Crippen molar-refractivity contribution < 1.29 is 9.18 Å². The van der Waals surface area contributed by atoms with Crippen LogP contribution in [0.1, 0.15) is 31.7 Å². The van der Waals surface area contributed by atoms with Crippen molar-refractivity contribution >= 4 is 5.91 Å². The Hall–Kier alpha value is -1.42. The summed E-state index contributed by atoms with van der Waals surface area (Å²) < 4.78 is 12.8. The van der Waals surface area contributed by atoms with Crippen LogP contribution in [-0.2, 0) is 11.2 Å². The van der Waals surface area contributed by atoms with Gasteiger partial charge in [-0.2, -0.15) is 0 Å². The predicted octanol–water partition coefficient (Wildman–Crippen LogP) is 2.61. The smallest absolute Gasteiger partial charge is 0.224 e. The molecule has 116 valence electrons. The number of halogens is 1. The van der Waals surface area contributed by atoms with Gasteiger partial charge in [0.1, 0.15) is 5.82 Å². The minimum absolute atomic E-state index is 0.00798. The van der Waals surface area contributed by atoms with E-state index in [2.05, 4.69) is 17.1 Å². The van der Waals surface area contributed by atoms with Crippen LogP contribution < -0.4 is 5.32 Å². The third kappa shape index (κ3) is 5.84. The van der Waals surface area contributed by atoms with Crippen LogP contribution in [0.4, 0.5) is 4.39 Å². The van der Waals surface area contributed by atoms with Crippen molar-refractivity contribution in [2.24, 2.45) is 5.92 Å². The topological polar surface area (TPSA) is 32.3 Å². The molecule has 1 fully saturated rings. The molecule has 1 amide bonds. The summed E-state index contributed by atoms with van der Waals surface area (Å²) >= 11 is 0. The molecule has 2 rings (SSSR count). The van der Waals surface area contributed by atoms with Crippen molar-refractivity contribution in [3.8, 4) is 0 Å². The zero-order valence-electron chi connectivity index (χ0n) is 12.8. The molecule has 0 unspecified atom stereocenters. The molecule has 1 heterocycles. The second-order valence-corrected chi connectivity index (χ2v) is 6.05. The highest BCUT2D eigenvalue weighted by Crippen LogP contribution is 2.15. The SMILES string of the molecule is C[C@H]1CCCN(CCCNC(=O)Cc2ccc(F)cc2)C1. The number of nitrogens with one attached hydrogen (secondary N) is 1. The summed E-state index contributed by atoms with van der Waals surface area (Å²) in [5.41, 5.74) is 0.846. The Kier molecular flexibility index (Phi) is 6.18. The van der Waals surface area contributed by atoms with Gasteiger partial charge in [-0.05, 0) is 56.0 Å². The minimum Gasteiger partial charge on any atom is -0.356 e. The van der Waals surface area contributed by atoms with E-state index in [4.69, 9.17) is 0 Å². The van der Waals surface area contributed by atoms with E-state index in [1.807, 2.05) is 0 Å². The lowest BCUT2D eigenvalue weighted by Gasteiger charge is -2.30. The highest BCUT2D eigenvalue weighted by molar-refractivity contribution is 5.78. The Labute approximate surface area is 126 Å². The molecule has 1 aromatic rings. The van der Waals surface area contributed by atoms with Gasteiger partial charge in [-0.1, -0.05) is 19.1 Å². The first-order valence-corrected chi connectivity index (χ1v) is 7.87. The number of nitrogens with zero attached hydrogens (tertiary/aromatic N) is 1. The minimum atomic E-state index is -0.269. The molecule has 1 atom stereocenters. The molecule has 0 radical (unpaired) electrons. The normalized spacial score (nSPS) is 19.4. The summed E-state index contributed by atoms with van der Waals surface area (Å²) in [5, 5.41) is 2.94. The lowest BCUT2D eigenvalue weighted by atomic mass is 10.0. The number of likely N-dealkylation sites (tertiary alicyclic amines) is 1. The maximum atomic E-state index is 12.8. The van der Waals surface area contributed by atoms with Crippen LogP contribution in [0.2, 0.25) is 0 Å². The molecule has 0 spiro atoms. The van der Waals surface area contributed by atoms with Crippen molar-refractivity contribution in [2.45, 2.75) is 32.6 Å². The van der Waals surface area contributed by atoms with Crippen LogP contribution in [0.3, 0.4) is 0 Å². The molecule has 4 heteroatoms. The Balaban J connectivity index is 1.59. The molecular formula is C17H25FN2O. The van der Waals surface area contributed by atoms with Crippen molar-refractivity contribution in [3.05, 3.63) is 35.6 Å². The second kappa shape index (κ2) is 8.13. The summed E-state index contributed by atoms with van der Waals surface area (Å²) in [6.45, 7) is 6.44. The molecule has 0 bridgehead atoms. The van der Waals surface area contributed by atoms with Crippen molar-refractivity contribution in [1.29, 1.82) is 0 Å². The number of amides is 1. The standard InChI is InChI=1S/C17H25FN2O/c1-14-4-2-10-20(13-14)11-3-9-19-17(21)12-15-5-7-16(18)8-6-15/h5-8,14H,2-4,9-13H2,1H3,(H,19,21)/t14-/m0/s1. The summed E-state index contributed by atoms with van der Waals surface area (Å²) in [6.07, 6.45) is 3.94. The third-order valence-electron chi connectivity index (χ3n) is 3.99. The fourth-order valence-electron chi connectivity index (χ4n) is 2.87. The molecule has 1 aliphatic heterocycles. The molecular weight excluding hydrogens is 267 g/mol. The van der Waals surface area contributed by atoms with Crippen LogP contribution in [0.5, 0.6) is 0 Å². The fraction of sp³-hybridized carbons (Fsp3) is 0.588. The van der Waals surface area contributed by atoms with Crippen LogP contribution in [-0.4, -0.2) is 37.0 Å². The van der Waals surface area contributed by atoms with Gasteiger partial charge >= 0.3 is 0 Å². The number of hydrogen-bond donors (Lipinski definition) is 1. The van der Waals surface area contributed by atoms with Gasteiger partial charge in [0.2, 0.25) is 5.91 Å². The summed E-state index contributed by atoms with van der Waals surface area (Å²) in [7, 11) is 0. The number of carbonyl (C=O) groups excluding carboxylic acids is 1. The number of hydrogen-bond acceptors (Lipinski definition) is 2. The quantitative estimate of drug-likeness (QED) is 0.817. The number of piperidine rings is 1. The van der Waals surface area contributed by atoms with Gasteiger partial charge in [0.25, 0.3) is 0 Å². The molecule has 21 heavy (non-hydrogen) atoms. The van der Waals surface area contributed by atoms with Crippen LogP contribution in [0, 0.1) is 11.7 Å². The average Bonchev–Trinajstić information content (AvgIpc) is 2.46. The first-order valence-electron chi connectivity index (χ1n) is 7.87. The van der Waals surface area contributed by atoms with Gasteiger partial charge in [0.15, 0.2) is 0 Å². The number of rotatable bonds is 6. The van der Waals surface area contributed by atoms with Gasteiger partial charge in [0, 0.05) is 13.1 Å². The summed E-state index contributed by atoms with van der Waals surface area (Å²) in [5.74, 6) is 0.537. The first kappa shape index (κ1) is 16.0. The maximum absolute atomic E-state index is 12.8. The van der Waals surface area contributed by atoms with Gasteiger partial charge < -0.3 is 10.2 Å². The maximum Gasteiger partial charge on any atom is 0.224 e. The van der Waals surface area contributed by atoms with Crippen LogP contribution >= 0.6 is 0 Å². The fourth-order valence-corrected chi connectivity index (χ4v) is 2.87. The average molecular weight is 292 g/mol. The lowest BCUT2D eigenvalue weighted by Crippen LogP contribution is -2.36.